The Hall–Kier alpha value is -1.59. The number of unbranched alkanes of at least 4 members (excludes halogenated alkanes) is 7. The van der Waals surface area contributed by atoms with E-state index in [-0.39, 0.29) is 38.0 Å². The average molecular weight is 373 g/mol. The van der Waals surface area contributed by atoms with Gasteiger partial charge < -0.3 is 14.2 Å². The van der Waals surface area contributed by atoms with E-state index in [1.165, 1.54) is 25.7 Å². The highest BCUT2D eigenvalue weighted by atomic mass is 16.6. The highest BCUT2D eigenvalue weighted by molar-refractivity contribution is 5.77. The van der Waals surface area contributed by atoms with E-state index in [2.05, 4.69) is 13.8 Å². The fraction of sp³-hybridized carbons (Fsp3) is 0.850. The maximum Gasteiger partial charge on any atom is 0.306 e. The number of esters is 3. The molecule has 0 aromatic heterocycles. The number of carbonyl (C=O) groups excluding carboxylic acids is 3. The molecule has 0 aliphatic rings. The molecule has 152 valence electrons. The molecule has 0 aromatic carbocycles. The average Bonchev–Trinajstić information content (AvgIpc) is 2.63. The highest BCUT2D eigenvalue weighted by Crippen LogP contribution is 2.05. The number of hydrogen-bond acceptors (Lipinski definition) is 6. The lowest BCUT2D eigenvalue weighted by molar-refractivity contribution is -0.154. The first-order valence-corrected chi connectivity index (χ1v) is 10.1. The Morgan fingerprint density at radius 1 is 0.500 bits per heavy atom. The van der Waals surface area contributed by atoms with Crippen molar-refractivity contribution in [1.29, 1.82) is 0 Å². The molecule has 0 saturated heterocycles. The van der Waals surface area contributed by atoms with E-state index in [0.717, 1.165) is 32.1 Å². The first-order valence-electron chi connectivity index (χ1n) is 10.1. The van der Waals surface area contributed by atoms with Crippen molar-refractivity contribution in [2.45, 2.75) is 90.9 Å². The first kappa shape index (κ1) is 24.4. The van der Waals surface area contributed by atoms with Crippen molar-refractivity contribution in [2.75, 3.05) is 19.8 Å². The Labute approximate surface area is 157 Å². The molecule has 0 amide bonds. The molecule has 0 saturated carbocycles. The van der Waals surface area contributed by atoms with Crippen LogP contribution in [0.3, 0.4) is 0 Å². The van der Waals surface area contributed by atoms with Gasteiger partial charge in [0.25, 0.3) is 0 Å². The Kier molecular flexibility index (Phi) is 17.1. The van der Waals surface area contributed by atoms with Crippen LogP contribution in [-0.4, -0.2) is 37.7 Å². The van der Waals surface area contributed by atoms with Gasteiger partial charge in [-0.1, -0.05) is 58.8 Å². The lowest BCUT2D eigenvalue weighted by Gasteiger charge is -2.07. The molecule has 0 rings (SSSR count). The fourth-order valence-electron chi connectivity index (χ4n) is 2.32. The zero-order valence-electron chi connectivity index (χ0n) is 16.6. The Balaban J connectivity index is 3.46. The molecule has 0 bridgehead atoms. The monoisotopic (exact) mass is 372 g/mol. The number of ether oxygens (including phenoxy) is 3. The predicted octanol–water partition coefficient (Wildman–Crippen LogP) is 4.34. The quantitative estimate of drug-likeness (QED) is 0.215. The van der Waals surface area contributed by atoms with E-state index in [4.69, 9.17) is 14.2 Å². The second kappa shape index (κ2) is 18.2. The lowest BCUT2D eigenvalue weighted by atomic mass is 10.1. The van der Waals surface area contributed by atoms with Crippen LogP contribution in [0, 0.1) is 0 Å². The van der Waals surface area contributed by atoms with Crippen molar-refractivity contribution in [1.82, 2.24) is 0 Å². The second-order valence-electron chi connectivity index (χ2n) is 6.39. The summed E-state index contributed by atoms with van der Waals surface area (Å²) >= 11 is 0. The molecule has 0 atom stereocenters. The van der Waals surface area contributed by atoms with Gasteiger partial charge in [-0.2, -0.15) is 0 Å². The normalized spacial score (nSPS) is 10.4. The largest absolute Gasteiger partial charge is 0.466 e. The van der Waals surface area contributed by atoms with Gasteiger partial charge in [0.15, 0.2) is 0 Å². The summed E-state index contributed by atoms with van der Waals surface area (Å²) in [6.45, 7) is 4.72. The van der Waals surface area contributed by atoms with Gasteiger partial charge in [0.1, 0.15) is 13.2 Å². The van der Waals surface area contributed by atoms with Crippen LogP contribution in [-0.2, 0) is 28.6 Å². The minimum atomic E-state index is -0.483. The van der Waals surface area contributed by atoms with Crippen LogP contribution in [0.1, 0.15) is 90.9 Å². The van der Waals surface area contributed by atoms with E-state index >= 15 is 0 Å². The van der Waals surface area contributed by atoms with Crippen LogP contribution in [0.4, 0.5) is 0 Å². The lowest BCUT2D eigenvalue weighted by Crippen LogP contribution is -2.15. The zero-order valence-corrected chi connectivity index (χ0v) is 16.6. The summed E-state index contributed by atoms with van der Waals surface area (Å²) < 4.78 is 15.0. The molecule has 0 unspecified atom stereocenters. The Morgan fingerprint density at radius 2 is 0.923 bits per heavy atom. The molecule has 6 nitrogen and oxygen atoms in total. The second-order valence-corrected chi connectivity index (χ2v) is 6.39. The van der Waals surface area contributed by atoms with E-state index in [0.29, 0.717) is 13.0 Å². The molecular formula is C20H36O6. The summed E-state index contributed by atoms with van der Waals surface area (Å²) in [5, 5.41) is 0. The van der Waals surface area contributed by atoms with Crippen LogP contribution >= 0.6 is 0 Å². The Bertz CT molecular complexity index is 380. The summed E-state index contributed by atoms with van der Waals surface area (Å²) in [6, 6.07) is 0. The molecule has 0 aromatic rings. The molecule has 0 radical (unpaired) electrons. The van der Waals surface area contributed by atoms with E-state index < -0.39 is 5.97 Å². The van der Waals surface area contributed by atoms with Crippen molar-refractivity contribution in [2.24, 2.45) is 0 Å². The van der Waals surface area contributed by atoms with Gasteiger partial charge in [0.2, 0.25) is 0 Å². The zero-order chi connectivity index (χ0) is 19.5. The number of hydrogen-bond donors (Lipinski definition) is 0. The first-order chi connectivity index (χ1) is 12.6. The molecule has 26 heavy (non-hydrogen) atoms. The van der Waals surface area contributed by atoms with Crippen LogP contribution in [0.5, 0.6) is 0 Å². The standard InChI is InChI=1S/C20H36O6/c1-3-5-7-8-9-11-15-24-19(22)13-14-20(23)26-17-16-25-18(21)12-10-6-4-2/h3-17H2,1-2H3. The smallest absolute Gasteiger partial charge is 0.306 e. The van der Waals surface area contributed by atoms with Gasteiger partial charge in [0, 0.05) is 6.42 Å². The molecule has 0 heterocycles. The molecule has 0 spiro atoms. The van der Waals surface area contributed by atoms with E-state index in [1.807, 2.05) is 0 Å². The topological polar surface area (TPSA) is 78.9 Å². The molecule has 0 aliphatic carbocycles. The van der Waals surface area contributed by atoms with Crippen molar-refractivity contribution < 1.29 is 28.6 Å². The molecule has 0 N–H and O–H groups in total. The van der Waals surface area contributed by atoms with Gasteiger partial charge in [-0.25, -0.2) is 0 Å². The molecule has 0 aliphatic heterocycles. The van der Waals surface area contributed by atoms with Crippen molar-refractivity contribution in [3.05, 3.63) is 0 Å². The summed E-state index contributed by atoms with van der Waals surface area (Å²) in [4.78, 5) is 34.4. The number of carbonyl (C=O) groups is 3. The summed E-state index contributed by atoms with van der Waals surface area (Å²) in [7, 11) is 0. The van der Waals surface area contributed by atoms with Crippen LogP contribution in [0.25, 0.3) is 0 Å². The van der Waals surface area contributed by atoms with Crippen LogP contribution in [0.15, 0.2) is 0 Å². The van der Waals surface area contributed by atoms with Gasteiger partial charge in [-0.3, -0.25) is 14.4 Å². The van der Waals surface area contributed by atoms with Crippen molar-refractivity contribution in [3.63, 3.8) is 0 Å². The van der Waals surface area contributed by atoms with E-state index in [9.17, 15) is 14.4 Å². The van der Waals surface area contributed by atoms with Gasteiger partial charge >= 0.3 is 17.9 Å². The maximum absolute atomic E-state index is 11.5. The minimum absolute atomic E-state index is 0.0141. The summed E-state index contributed by atoms with van der Waals surface area (Å²) in [5.74, 6) is -1.13. The predicted molar refractivity (Wildman–Crippen MR) is 99.6 cm³/mol. The third-order valence-electron chi connectivity index (χ3n) is 3.89. The third-order valence-corrected chi connectivity index (χ3v) is 3.89. The fourth-order valence-corrected chi connectivity index (χ4v) is 2.32. The van der Waals surface area contributed by atoms with Gasteiger partial charge in [0.05, 0.1) is 19.4 Å². The van der Waals surface area contributed by atoms with Crippen LogP contribution < -0.4 is 0 Å². The van der Waals surface area contributed by atoms with Crippen LogP contribution in [0.2, 0.25) is 0 Å². The minimum Gasteiger partial charge on any atom is -0.466 e. The molecule has 6 heteroatoms. The maximum atomic E-state index is 11.5. The third kappa shape index (κ3) is 17.2. The van der Waals surface area contributed by atoms with E-state index in [1.54, 1.807) is 0 Å². The SMILES string of the molecule is CCCCCCCCOC(=O)CCC(=O)OCCOC(=O)CCCCC. The molecular weight excluding hydrogens is 336 g/mol. The summed E-state index contributed by atoms with van der Waals surface area (Å²) in [6.07, 6.45) is 10.0. The highest BCUT2D eigenvalue weighted by Gasteiger charge is 2.09. The molecule has 0 fully saturated rings. The Morgan fingerprint density at radius 3 is 1.50 bits per heavy atom. The van der Waals surface area contributed by atoms with Crippen molar-refractivity contribution >= 4 is 17.9 Å². The summed E-state index contributed by atoms with van der Waals surface area (Å²) in [5.41, 5.74) is 0. The van der Waals surface area contributed by atoms with Crippen molar-refractivity contribution in [3.8, 4) is 0 Å². The van der Waals surface area contributed by atoms with Gasteiger partial charge in [-0.15, -0.1) is 0 Å². The number of rotatable bonds is 17. The van der Waals surface area contributed by atoms with Gasteiger partial charge in [-0.05, 0) is 12.8 Å².